The maximum atomic E-state index is 13.9. The van der Waals surface area contributed by atoms with Crippen molar-refractivity contribution in [2.45, 2.75) is 59.9 Å². The molecule has 2 aromatic carbocycles. The normalized spacial score (nSPS) is 13.6. The Hall–Kier alpha value is -1.91. The second-order valence-corrected chi connectivity index (χ2v) is 8.60. The van der Waals surface area contributed by atoms with Gasteiger partial charge in [-0.05, 0) is 54.8 Å². The number of halogens is 1. The van der Waals surface area contributed by atoms with Crippen LogP contribution in [0.4, 0.5) is 10.1 Å². The first-order valence-corrected chi connectivity index (χ1v) is 11.6. The van der Waals surface area contributed by atoms with Gasteiger partial charge in [0.25, 0.3) is 0 Å². The van der Waals surface area contributed by atoms with Crippen molar-refractivity contribution in [3.05, 3.63) is 65.0 Å². The molecular formula is C27H43FN2O. The number of rotatable bonds is 5. The molecule has 1 heterocycles. The van der Waals surface area contributed by atoms with Crippen LogP contribution in [-0.2, 0) is 11.3 Å². The minimum Gasteiger partial charge on any atom is -0.378 e. The van der Waals surface area contributed by atoms with E-state index in [4.69, 9.17) is 4.74 Å². The van der Waals surface area contributed by atoms with Gasteiger partial charge in [0.05, 0.1) is 18.9 Å². The molecule has 1 saturated heterocycles. The topological polar surface area (TPSA) is 15.7 Å². The Morgan fingerprint density at radius 3 is 1.84 bits per heavy atom. The van der Waals surface area contributed by atoms with Crippen LogP contribution in [0.15, 0.2) is 42.5 Å². The number of hydrogen-bond donors (Lipinski definition) is 0. The molecular weight excluding hydrogens is 387 g/mol. The summed E-state index contributed by atoms with van der Waals surface area (Å²) in [6, 6.07) is 14.4. The lowest BCUT2D eigenvalue weighted by Gasteiger charge is -2.29. The average molecular weight is 431 g/mol. The Bertz CT molecular complexity index is 735. The number of hydrogen-bond acceptors (Lipinski definition) is 3. The fraction of sp³-hybridized carbons (Fsp3) is 0.556. The zero-order valence-electron chi connectivity index (χ0n) is 20.9. The highest BCUT2D eigenvalue weighted by Gasteiger charge is 2.15. The standard InChI is InChI=1S/C13H18FNO.C12H19N.C2H6/c1-10(2)11-3-4-13(12(14)9-11)15-5-7-16-8-6-15;1-10(2)12-7-5-11(6-8-12)9-13(3)4;1-2/h3-4,9-10H,5-8H2,1-2H3;5-8,10H,9H2,1-4H3;1-2H3. The van der Waals surface area contributed by atoms with E-state index < -0.39 is 0 Å². The third-order valence-electron chi connectivity index (χ3n) is 5.14. The summed E-state index contributed by atoms with van der Waals surface area (Å²) >= 11 is 0. The van der Waals surface area contributed by atoms with E-state index in [0.29, 0.717) is 30.7 Å². The molecule has 0 N–H and O–H groups in total. The largest absolute Gasteiger partial charge is 0.378 e. The molecule has 31 heavy (non-hydrogen) atoms. The van der Waals surface area contributed by atoms with Crippen molar-refractivity contribution in [1.82, 2.24) is 4.90 Å². The SMILES string of the molecule is CC.CC(C)c1ccc(CN(C)C)cc1.CC(C)c1ccc(N2CCOCC2)c(F)c1. The molecule has 4 heteroatoms. The van der Waals surface area contributed by atoms with Gasteiger partial charge in [-0.3, -0.25) is 0 Å². The monoisotopic (exact) mass is 430 g/mol. The van der Waals surface area contributed by atoms with Crippen LogP contribution in [0.25, 0.3) is 0 Å². The minimum absolute atomic E-state index is 0.117. The van der Waals surface area contributed by atoms with Crippen LogP contribution in [0.5, 0.6) is 0 Å². The van der Waals surface area contributed by atoms with E-state index in [1.54, 1.807) is 6.07 Å². The van der Waals surface area contributed by atoms with Crippen LogP contribution < -0.4 is 4.90 Å². The lowest BCUT2D eigenvalue weighted by Crippen LogP contribution is -2.36. The molecule has 174 valence electrons. The van der Waals surface area contributed by atoms with Gasteiger partial charge in [0, 0.05) is 19.6 Å². The molecule has 0 bridgehead atoms. The Kier molecular flexibility index (Phi) is 12.4. The van der Waals surface area contributed by atoms with Crippen LogP contribution in [0.2, 0.25) is 0 Å². The van der Waals surface area contributed by atoms with Gasteiger partial charge in [-0.15, -0.1) is 0 Å². The van der Waals surface area contributed by atoms with Gasteiger partial charge < -0.3 is 14.5 Å². The van der Waals surface area contributed by atoms with Crippen molar-refractivity contribution < 1.29 is 9.13 Å². The van der Waals surface area contributed by atoms with Crippen LogP contribution in [0.3, 0.4) is 0 Å². The molecule has 0 radical (unpaired) electrons. The summed E-state index contributed by atoms with van der Waals surface area (Å²) in [6.45, 7) is 16.5. The quantitative estimate of drug-likeness (QED) is 0.526. The van der Waals surface area contributed by atoms with Gasteiger partial charge in [-0.25, -0.2) is 4.39 Å². The molecule has 0 unspecified atom stereocenters. The first-order chi connectivity index (χ1) is 14.8. The summed E-state index contributed by atoms with van der Waals surface area (Å²) in [7, 11) is 4.19. The summed E-state index contributed by atoms with van der Waals surface area (Å²) in [5.74, 6) is 0.884. The third kappa shape index (κ3) is 9.40. The highest BCUT2D eigenvalue weighted by molar-refractivity contribution is 5.49. The molecule has 2 aromatic rings. The minimum atomic E-state index is -0.117. The zero-order valence-corrected chi connectivity index (χ0v) is 20.9. The van der Waals surface area contributed by atoms with Crippen molar-refractivity contribution in [2.75, 3.05) is 45.3 Å². The molecule has 0 spiro atoms. The number of morpholine rings is 1. The Labute approximate surface area is 190 Å². The Balaban J connectivity index is 0.000000293. The number of ether oxygens (including phenoxy) is 1. The molecule has 0 aliphatic carbocycles. The molecule has 0 atom stereocenters. The van der Waals surface area contributed by atoms with Gasteiger partial charge in [0.15, 0.2) is 0 Å². The van der Waals surface area contributed by atoms with Crippen LogP contribution >= 0.6 is 0 Å². The number of anilines is 1. The van der Waals surface area contributed by atoms with E-state index in [2.05, 4.69) is 71.0 Å². The Morgan fingerprint density at radius 2 is 1.39 bits per heavy atom. The zero-order chi connectivity index (χ0) is 23.4. The molecule has 1 fully saturated rings. The van der Waals surface area contributed by atoms with E-state index in [1.807, 2.05) is 30.9 Å². The molecule has 0 amide bonds. The van der Waals surface area contributed by atoms with E-state index in [-0.39, 0.29) is 5.82 Å². The summed E-state index contributed by atoms with van der Waals surface area (Å²) in [4.78, 5) is 4.23. The van der Waals surface area contributed by atoms with Crippen molar-refractivity contribution in [1.29, 1.82) is 0 Å². The molecule has 3 nitrogen and oxygen atoms in total. The number of nitrogens with zero attached hydrogens (tertiary/aromatic N) is 2. The first kappa shape index (κ1) is 27.1. The summed E-state index contributed by atoms with van der Waals surface area (Å²) in [6.07, 6.45) is 0. The first-order valence-electron chi connectivity index (χ1n) is 11.6. The molecule has 3 rings (SSSR count). The average Bonchev–Trinajstić information content (AvgIpc) is 2.76. The predicted molar refractivity (Wildman–Crippen MR) is 133 cm³/mol. The lowest BCUT2D eigenvalue weighted by atomic mass is 10.0. The van der Waals surface area contributed by atoms with E-state index in [1.165, 1.54) is 11.1 Å². The highest BCUT2D eigenvalue weighted by Crippen LogP contribution is 2.24. The number of benzene rings is 2. The molecule has 1 aliphatic heterocycles. The van der Waals surface area contributed by atoms with Crippen LogP contribution in [0, 0.1) is 5.82 Å². The summed E-state index contributed by atoms with van der Waals surface area (Å²) in [5, 5.41) is 0. The van der Waals surface area contributed by atoms with Crippen molar-refractivity contribution in [3.8, 4) is 0 Å². The van der Waals surface area contributed by atoms with Gasteiger partial charge in [-0.1, -0.05) is 71.9 Å². The van der Waals surface area contributed by atoms with Crippen molar-refractivity contribution >= 4 is 5.69 Å². The molecule has 1 aliphatic rings. The van der Waals surface area contributed by atoms with Gasteiger partial charge in [0.1, 0.15) is 5.82 Å². The van der Waals surface area contributed by atoms with Crippen LogP contribution in [0.1, 0.15) is 70.1 Å². The van der Waals surface area contributed by atoms with Gasteiger partial charge in [0.2, 0.25) is 0 Å². The van der Waals surface area contributed by atoms with Crippen molar-refractivity contribution in [3.63, 3.8) is 0 Å². The second kappa shape index (κ2) is 14.2. The summed E-state index contributed by atoms with van der Waals surface area (Å²) < 4.78 is 19.2. The van der Waals surface area contributed by atoms with Crippen molar-refractivity contribution in [2.24, 2.45) is 0 Å². The van der Waals surface area contributed by atoms with Crippen LogP contribution in [-0.4, -0.2) is 45.3 Å². The Morgan fingerprint density at radius 1 is 0.871 bits per heavy atom. The van der Waals surface area contributed by atoms with E-state index in [9.17, 15) is 4.39 Å². The van der Waals surface area contributed by atoms with E-state index >= 15 is 0 Å². The second-order valence-electron chi connectivity index (χ2n) is 8.60. The molecule has 0 saturated carbocycles. The maximum absolute atomic E-state index is 13.9. The van der Waals surface area contributed by atoms with Gasteiger partial charge in [-0.2, -0.15) is 0 Å². The van der Waals surface area contributed by atoms with E-state index in [0.717, 1.165) is 25.2 Å². The third-order valence-corrected chi connectivity index (χ3v) is 5.14. The lowest BCUT2D eigenvalue weighted by molar-refractivity contribution is 0.122. The highest BCUT2D eigenvalue weighted by atomic mass is 19.1. The molecule has 0 aromatic heterocycles. The van der Waals surface area contributed by atoms with Gasteiger partial charge >= 0.3 is 0 Å². The smallest absolute Gasteiger partial charge is 0.146 e. The fourth-order valence-electron chi connectivity index (χ4n) is 3.32. The maximum Gasteiger partial charge on any atom is 0.146 e. The summed E-state index contributed by atoms with van der Waals surface area (Å²) in [5.41, 5.74) is 4.55. The fourth-order valence-corrected chi connectivity index (χ4v) is 3.32. The predicted octanol–water partition coefficient (Wildman–Crippen LogP) is 6.68.